The van der Waals surface area contributed by atoms with Crippen molar-refractivity contribution in [2.75, 3.05) is 39.4 Å². The van der Waals surface area contributed by atoms with Crippen molar-refractivity contribution in [2.24, 2.45) is 0 Å². The van der Waals surface area contributed by atoms with Crippen molar-refractivity contribution in [1.82, 2.24) is 9.21 Å². The molecule has 0 radical (unpaired) electrons. The highest BCUT2D eigenvalue weighted by Gasteiger charge is 2.28. The number of nitrogens with zero attached hydrogens (tertiary/aromatic N) is 2. The molecule has 2 heterocycles. The monoisotopic (exact) mass is 368 g/mol. The lowest BCUT2D eigenvalue weighted by atomic mass is 10.1. The zero-order chi connectivity index (χ0) is 18.0. The molecule has 2 aliphatic rings. The second-order valence-corrected chi connectivity index (χ2v) is 8.45. The molecule has 0 N–H and O–H groups in total. The van der Waals surface area contributed by atoms with Gasteiger partial charge in [0.15, 0.2) is 0 Å². The highest BCUT2D eigenvalue weighted by atomic mass is 32.2. The molecule has 2 atom stereocenters. The van der Waals surface area contributed by atoms with E-state index in [1.807, 2.05) is 13.8 Å². The second kappa shape index (κ2) is 7.41. The zero-order valence-corrected chi connectivity index (χ0v) is 15.4. The van der Waals surface area contributed by atoms with Crippen LogP contribution in [0.1, 0.15) is 24.2 Å². The van der Waals surface area contributed by atoms with Crippen molar-refractivity contribution in [1.29, 1.82) is 0 Å². The maximum Gasteiger partial charge on any atom is 0.254 e. The Morgan fingerprint density at radius 1 is 1.04 bits per heavy atom. The van der Waals surface area contributed by atoms with Gasteiger partial charge in [0.05, 0.1) is 30.3 Å². The van der Waals surface area contributed by atoms with Gasteiger partial charge in [-0.15, -0.1) is 0 Å². The molecule has 25 heavy (non-hydrogen) atoms. The molecule has 8 heteroatoms. The van der Waals surface area contributed by atoms with E-state index < -0.39 is 10.0 Å². The van der Waals surface area contributed by atoms with Crippen LogP contribution in [-0.4, -0.2) is 75.1 Å². The molecule has 1 aromatic carbocycles. The van der Waals surface area contributed by atoms with Gasteiger partial charge in [0.25, 0.3) is 5.91 Å². The number of rotatable bonds is 3. The molecule has 0 unspecified atom stereocenters. The van der Waals surface area contributed by atoms with Gasteiger partial charge in [0, 0.05) is 31.7 Å². The van der Waals surface area contributed by atoms with Crippen LogP contribution in [0.2, 0.25) is 0 Å². The topological polar surface area (TPSA) is 76.2 Å². The van der Waals surface area contributed by atoms with Crippen LogP contribution < -0.4 is 0 Å². The van der Waals surface area contributed by atoms with Gasteiger partial charge in [0.1, 0.15) is 0 Å². The maximum atomic E-state index is 12.6. The van der Waals surface area contributed by atoms with Crippen LogP contribution in [-0.2, 0) is 19.5 Å². The van der Waals surface area contributed by atoms with Gasteiger partial charge in [-0.05, 0) is 38.1 Å². The minimum Gasteiger partial charge on any atom is -0.379 e. The highest BCUT2D eigenvalue weighted by molar-refractivity contribution is 7.89. The first kappa shape index (κ1) is 18.3. The molecule has 0 spiro atoms. The van der Waals surface area contributed by atoms with Crippen molar-refractivity contribution < 1.29 is 22.7 Å². The van der Waals surface area contributed by atoms with E-state index in [2.05, 4.69) is 0 Å². The average molecular weight is 368 g/mol. The Hall–Kier alpha value is -1.48. The lowest BCUT2D eigenvalue weighted by molar-refractivity contribution is -0.0586. The number of carbonyl (C=O) groups is 1. The largest absolute Gasteiger partial charge is 0.379 e. The van der Waals surface area contributed by atoms with Crippen LogP contribution in [0.5, 0.6) is 0 Å². The molecule has 2 fully saturated rings. The summed E-state index contributed by atoms with van der Waals surface area (Å²) < 4.78 is 37.5. The molecular weight excluding hydrogens is 344 g/mol. The fraction of sp³-hybridized carbons (Fsp3) is 0.588. The van der Waals surface area contributed by atoms with Crippen LogP contribution in [0, 0.1) is 0 Å². The predicted octanol–water partition coefficient (Wildman–Crippen LogP) is 0.957. The summed E-state index contributed by atoms with van der Waals surface area (Å²) in [7, 11) is -3.54. The Balaban J connectivity index is 1.74. The van der Waals surface area contributed by atoms with Gasteiger partial charge >= 0.3 is 0 Å². The Bertz CT molecular complexity index is 703. The smallest absolute Gasteiger partial charge is 0.254 e. The highest BCUT2D eigenvalue weighted by Crippen LogP contribution is 2.19. The third-order valence-electron chi connectivity index (χ3n) is 4.42. The number of hydrogen-bond donors (Lipinski definition) is 0. The van der Waals surface area contributed by atoms with E-state index in [0.717, 1.165) is 0 Å². The molecule has 3 rings (SSSR count). The third-order valence-corrected chi connectivity index (χ3v) is 6.33. The first-order valence-electron chi connectivity index (χ1n) is 8.50. The number of morpholine rings is 2. The van der Waals surface area contributed by atoms with Crippen LogP contribution in [0.15, 0.2) is 29.2 Å². The fourth-order valence-corrected chi connectivity index (χ4v) is 4.64. The minimum atomic E-state index is -3.54. The molecule has 0 aliphatic carbocycles. The number of sulfonamides is 1. The third kappa shape index (κ3) is 4.03. The molecule has 0 bridgehead atoms. The summed E-state index contributed by atoms with van der Waals surface area (Å²) in [6.07, 6.45) is -0.0117. The summed E-state index contributed by atoms with van der Waals surface area (Å²) in [6, 6.07) is 6.18. The normalized spacial score (nSPS) is 25.8. The molecule has 2 saturated heterocycles. The predicted molar refractivity (Wildman–Crippen MR) is 91.9 cm³/mol. The van der Waals surface area contributed by atoms with Gasteiger partial charge in [-0.1, -0.05) is 0 Å². The van der Waals surface area contributed by atoms with Crippen molar-refractivity contribution in [3.63, 3.8) is 0 Å². The van der Waals surface area contributed by atoms with Crippen molar-refractivity contribution >= 4 is 15.9 Å². The van der Waals surface area contributed by atoms with E-state index in [0.29, 0.717) is 45.0 Å². The van der Waals surface area contributed by atoms with Gasteiger partial charge in [0.2, 0.25) is 10.0 Å². The summed E-state index contributed by atoms with van der Waals surface area (Å²) >= 11 is 0. The van der Waals surface area contributed by atoms with Gasteiger partial charge in [-0.3, -0.25) is 4.79 Å². The van der Waals surface area contributed by atoms with Crippen LogP contribution in [0.3, 0.4) is 0 Å². The van der Waals surface area contributed by atoms with E-state index in [1.165, 1.54) is 16.4 Å². The summed E-state index contributed by atoms with van der Waals surface area (Å²) in [5.74, 6) is -0.0997. The Morgan fingerprint density at radius 2 is 1.60 bits per heavy atom. The van der Waals surface area contributed by atoms with Crippen LogP contribution >= 0.6 is 0 Å². The molecule has 0 saturated carbocycles. The van der Waals surface area contributed by atoms with Gasteiger partial charge in [-0.2, -0.15) is 4.31 Å². The molecule has 2 aliphatic heterocycles. The standard InChI is InChI=1S/C17H24N2O5S/c1-13-11-18(12-14(2)24-13)17(20)15-3-5-16(6-4-15)25(21,22)19-7-9-23-10-8-19/h3-6,13-14H,7-12H2,1-2H3/t13-,14+. The van der Waals surface area contributed by atoms with Crippen molar-refractivity contribution in [2.45, 2.75) is 31.0 Å². The maximum absolute atomic E-state index is 12.6. The number of amides is 1. The molecular formula is C17H24N2O5S. The van der Waals surface area contributed by atoms with Crippen molar-refractivity contribution in [3.8, 4) is 0 Å². The average Bonchev–Trinajstić information content (AvgIpc) is 2.61. The van der Waals surface area contributed by atoms with E-state index in [1.54, 1.807) is 17.0 Å². The number of benzene rings is 1. The van der Waals surface area contributed by atoms with E-state index in [4.69, 9.17) is 9.47 Å². The molecule has 1 aromatic rings. The number of hydrogen-bond acceptors (Lipinski definition) is 5. The zero-order valence-electron chi connectivity index (χ0n) is 14.6. The first-order valence-corrected chi connectivity index (χ1v) is 9.94. The molecule has 138 valence electrons. The molecule has 0 aromatic heterocycles. The SMILES string of the molecule is C[C@@H]1CN(C(=O)c2ccc(S(=O)(=O)N3CCOCC3)cc2)C[C@H](C)O1. The lowest BCUT2D eigenvalue weighted by Crippen LogP contribution is -2.48. The van der Waals surface area contributed by atoms with E-state index in [-0.39, 0.29) is 23.0 Å². The quantitative estimate of drug-likeness (QED) is 0.794. The van der Waals surface area contributed by atoms with Gasteiger partial charge < -0.3 is 14.4 Å². The molecule has 1 amide bonds. The minimum absolute atomic E-state index is 0.00586. The van der Waals surface area contributed by atoms with Crippen LogP contribution in [0.25, 0.3) is 0 Å². The van der Waals surface area contributed by atoms with Gasteiger partial charge in [-0.25, -0.2) is 8.42 Å². The first-order chi connectivity index (χ1) is 11.9. The number of ether oxygens (including phenoxy) is 2. The lowest BCUT2D eigenvalue weighted by Gasteiger charge is -2.35. The molecule has 7 nitrogen and oxygen atoms in total. The van der Waals surface area contributed by atoms with E-state index >= 15 is 0 Å². The second-order valence-electron chi connectivity index (χ2n) is 6.51. The van der Waals surface area contributed by atoms with Crippen molar-refractivity contribution in [3.05, 3.63) is 29.8 Å². The van der Waals surface area contributed by atoms with E-state index in [9.17, 15) is 13.2 Å². The fourth-order valence-electron chi connectivity index (χ4n) is 3.23. The summed E-state index contributed by atoms with van der Waals surface area (Å²) in [5.41, 5.74) is 0.488. The summed E-state index contributed by atoms with van der Waals surface area (Å²) in [4.78, 5) is 14.6. The Kier molecular flexibility index (Phi) is 5.43. The summed E-state index contributed by atoms with van der Waals surface area (Å²) in [5, 5.41) is 0. The Labute approximate surface area is 148 Å². The summed E-state index contributed by atoms with van der Waals surface area (Å²) in [6.45, 7) is 6.47. The number of carbonyl (C=O) groups excluding carboxylic acids is 1. The van der Waals surface area contributed by atoms with Crippen LogP contribution in [0.4, 0.5) is 0 Å². The Morgan fingerprint density at radius 3 is 2.16 bits per heavy atom.